The second kappa shape index (κ2) is 72.6. The van der Waals surface area contributed by atoms with Crippen molar-refractivity contribution in [3.63, 3.8) is 0 Å². The zero-order valence-electron chi connectivity index (χ0n) is 65.5. The van der Waals surface area contributed by atoms with Crippen molar-refractivity contribution in [3.8, 4) is 0 Å². The van der Waals surface area contributed by atoms with Gasteiger partial charge in [-0.25, -0.2) is 9.13 Å². The highest BCUT2D eigenvalue weighted by Crippen LogP contribution is 2.45. The Morgan fingerprint density at radius 1 is 0.290 bits per heavy atom. The first-order chi connectivity index (χ1) is 48.4. The molecule has 19 heteroatoms. The van der Waals surface area contributed by atoms with Crippen LogP contribution in [-0.4, -0.2) is 96.7 Å². The number of unbranched alkanes of at least 4 members (excludes halogenated alkanes) is 49. The summed E-state index contributed by atoms with van der Waals surface area (Å²) in [4.78, 5) is 73.0. The first kappa shape index (κ1) is 98.1. The van der Waals surface area contributed by atoms with Crippen molar-refractivity contribution < 1.29 is 80.2 Å². The van der Waals surface area contributed by atoms with Crippen LogP contribution in [0.2, 0.25) is 0 Å². The summed E-state index contributed by atoms with van der Waals surface area (Å²) in [6, 6.07) is 0. The summed E-state index contributed by atoms with van der Waals surface area (Å²) in [5, 5.41) is 10.6. The number of phosphoric acid groups is 2. The summed E-state index contributed by atoms with van der Waals surface area (Å²) in [6.45, 7) is 9.56. The van der Waals surface area contributed by atoms with E-state index < -0.39 is 97.5 Å². The van der Waals surface area contributed by atoms with Gasteiger partial charge >= 0.3 is 39.5 Å². The van der Waals surface area contributed by atoms with Gasteiger partial charge in [-0.05, 0) is 37.5 Å². The molecule has 0 aliphatic carbocycles. The summed E-state index contributed by atoms with van der Waals surface area (Å²) in [5.41, 5.74) is 0. The molecule has 17 nitrogen and oxygen atoms in total. The Balaban J connectivity index is 5.22. The standard InChI is InChI=1S/C81H158O17P2/c1-7-10-12-14-16-18-20-22-24-26-27-28-29-31-33-35-37-41-45-53-59-65-80(85)97-76(69-91-78(83)63-57-51-44-40-36-34-32-30-25-23-21-19-17-15-13-11-8-2)71-95-99(87,88)93-67-75(82)68-94-100(89,90)96-72-77(70-92-79(84)64-58-52-48-47-50-56-62-74(6)9-3)98-81(86)66-60-54-46-42-38-39-43-49-55-61-73(4)5/h73-77,82H,7-72H2,1-6H3,(H,87,88)(H,89,90)/t74?,75-,76-,77-/m1/s1. The lowest BCUT2D eigenvalue weighted by Gasteiger charge is -2.21. The number of rotatable bonds is 80. The maximum atomic E-state index is 13.1. The second-order valence-corrected chi connectivity index (χ2v) is 32.8. The smallest absolute Gasteiger partial charge is 0.462 e. The number of hydrogen-bond acceptors (Lipinski definition) is 15. The molecule has 0 fully saturated rings. The zero-order chi connectivity index (χ0) is 73.5. The lowest BCUT2D eigenvalue weighted by molar-refractivity contribution is -0.161. The Labute approximate surface area is 613 Å². The maximum Gasteiger partial charge on any atom is 0.472 e. The van der Waals surface area contributed by atoms with Gasteiger partial charge in [0.25, 0.3) is 0 Å². The van der Waals surface area contributed by atoms with Crippen molar-refractivity contribution in [1.29, 1.82) is 0 Å². The van der Waals surface area contributed by atoms with Gasteiger partial charge in [0.15, 0.2) is 12.2 Å². The number of hydrogen-bond donors (Lipinski definition) is 3. The molecule has 0 aromatic heterocycles. The third-order valence-electron chi connectivity index (χ3n) is 19.3. The molecule has 0 amide bonds. The first-order valence-electron chi connectivity index (χ1n) is 42.0. The minimum Gasteiger partial charge on any atom is -0.462 e. The average molecular weight is 1470 g/mol. The zero-order valence-corrected chi connectivity index (χ0v) is 67.3. The lowest BCUT2D eigenvalue weighted by Crippen LogP contribution is -2.30. The van der Waals surface area contributed by atoms with Crippen LogP contribution in [0.15, 0.2) is 0 Å². The van der Waals surface area contributed by atoms with E-state index in [0.29, 0.717) is 25.7 Å². The minimum atomic E-state index is -4.96. The van der Waals surface area contributed by atoms with Gasteiger partial charge in [0, 0.05) is 25.7 Å². The molecule has 0 aliphatic rings. The molecule has 594 valence electrons. The Bertz CT molecular complexity index is 1930. The average Bonchev–Trinajstić information content (AvgIpc) is 0.916. The molecule has 3 N–H and O–H groups in total. The highest BCUT2D eigenvalue weighted by molar-refractivity contribution is 7.47. The lowest BCUT2D eigenvalue weighted by atomic mass is 10.00. The van der Waals surface area contributed by atoms with E-state index in [2.05, 4.69) is 41.5 Å². The summed E-state index contributed by atoms with van der Waals surface area (Å²) in [7, 11) is -9.92. The van der Waals surface area contributed by atoms with Crippen LogP contribution in [0.1, 0.15) is 427 Å². The van der Waals surface area contributed by atoms with Crippen LogP contribution in [0.3, 0.4) is 0 Å². The monoisotopic (exact) mass is 1470 g/mol. The molecule has 0 spiro atoms. The topological polar surface area (TPSA) is 237 Å². The number of aliphatic hydroxyl groups excluding tert-OH is 1. The van der Waals surface area contributed by atoms with Crippen molar-refractivity contribution in [2.24, 2.45) is 11.8 Å². The van der Waals surface area contributed by atoms with E-state index in [0.717, 1.165) is 108 Å². The number of carbonyl (C=O) groups excluding carboxylic acids is 4. The molecule has 0 radical (unpaired) electrons. The molecule has 0 aromatic rings. The van der Waals surface area contributed by atoms with Gasteiger partial charge in [0.1, 0.15) is 19.3 Å². The summed E-state index contributed by atoms with van der Waals surface area (Å²) < 4.78 is 68.7. The van der Waals surface area contributed by atoms with Gasteiger partial charge in [0.05, 0.1) is 26.4 Å². The fraction of sp³-hybridized carbons (Fsp3) is 0.951. The molecule has 100 heavy (non-hydrogen) atoms. The van der Waals surface area contributed by atoms with E-state index in [4.69, 9.17) is 37.0 Å². The molecule has 0 bridgehead atoms. The van der Waals surface area contributed by atoms with Gasteiger partial charge in [0.2, 0.25) is 0 Å². The molecular weight excluding hydrogens is 1310 g/mol. The fourth-order valence-electron chi connectivity index (χ4n) is 12.5. The first-order valence-corrected chi connectivity index (χ1v) is 45.0. The van der Waals surface area contributed by atoms with Crippen LogP contribution in [0.25, 0.3) is 0 Å². The van der Waals surface area contributed by atoms with Crippen LogP contribution >= 0.6 is 15.6 Å². The van der Waals surface area contributed by atoms with Crippen LogP contribution < -0.4 is 0 Å². The Morgan fingerprint density at radius 2 is 0.510 bits per heavy atom. The SMILES string of the molecule is CCCCCCCCCCCCCCCCCCCCCCCC(=O)O[C@H](COC(=O)CCCCCCCCCCCCCCCCCCC)COP(=O)(O)OC[C@@H](O)COP(=O)(O)OC[C@@H](COC(=O)CCCCCCCCC(C)CC)OC(=O)CCCCCCCCCCCC(C)C. The number of aliphatic hydroxyl groups is 1. The number of esters is 4. The van der Waals surface area contributed by atoms with Gasteiger partial charge in [-0.3, -0.25) is 37.3 Å². The summed E-state index contributed by atoms with van der Waals surface area (Å²) in [6.07, 6.45) is 62.6. The molecular formula is C81H158O17P2. The number of ether oxygens (including phenoxy) is 4. The van der Waals surface area contributed by atoms with Crippen LogP contribution in [0.4, 0.5) is 0 Å². The van der Waals surface area contributed by atoms with Gasteiger partial charge < -0.3 is 33.8 Å². The van der Waals surface area contributed by atoms with E-state index >= 15 is 0 Å². The number of carbonyl (C=O) groups is 4. The van der Waals surface area contributed by atoms with Crippen molar-refractivity contribution >= 4 is 39.5 Å². The number of phosphoric ester groups is 2. The molecule has 0 aromatic carbocycles. The molecule has 3 unspecified atom stereocenters. The Morgan fingerprint density at radius 3 is 0.760 bits per heavy atom. The maximum absolute atomic E-state index is 13.1. The fourth-order valence-corrected chi connectivity index (χ4v) is 14.1. The van der Waals surface area contributed by atoms with E-state index in [9.17, 15) is 43.2 Å². The van der Waals surface area contributed by atoms with Crippen molar-refractivity contribution in [3.05, 3.63) is 0 Å². The highest BCUT2D eigenvalue weighted by Gasteiger charge is 2.30. The molecule has 6 atom stereocenters. The third-order valence-corrected chi connectivity index (χ3v) is 21.2. The largest absolute Gasteiger partial charge is 0.472 e. The second-order valence-electron chi connectivity index (χ2n) is 29.9. The van der Waals surface area contributed by atoms with Crippen molar-refractivity contribution in [2.45, 2.75) is 445 Å². The Kier molecular flexibility index (Phi) is 71.2. The van der Waals surface area contributed by atoms with Crippen LogP contribution in [0, 0.1) is 11.8 Å². The highest BCUT2D eigenvalue weighted by atomic mass is 31.2. The third kappa shape index (κ3) is 73.0. The molecule has 0 rings (SSSR count). The molecule has 0 saturated heterocycles. The van der Waals surface area contributed by atoms with Gasteiger partial charge in [-0.15, -0.1) is 0 Å². The van der Waals surface area contributed by atoms with Gasteiger partial charge in [-0.1, -0.05) is 375 Å². The van der Waals surface area contributed by atoms with Gasteiger partial charge in [-0.2, -0.15) is 0 Å². The van der Waals surface area contributed by atoms with E-state index in [-0.39, 0.29) is 25.7 Å². The van der Waals surface area contributed by atoms with Crippen molar-refractivity contribution in [2.75, 3.05) is 39.6 Å². The van der Waals surface area contributed by atoms with Crippen molar-refractivity contribution in [1.82, 2.24) is 0 Å². The molecule has 0 saturated carbocycles. The van der Waals surface area contributed by atoms with Crippen LogP contribution in [0.5, 0.6) is 0 Å². The quantitative estimate of drug-likeness (QED) is 0.0222. The van der Waals surface area contributed by atoms with E-state index in [1.54, 1.807) is 0 Å². The summed E-state index contributed by atoms with van der Waals surface area (Å²) >= 11 is 0. The van der Waals surface area contributed by atoms with E-state index in [1.165, 1.54) is 238 Å². The van der Waals surface area contributed by atoms with E-state index in [1.807, 2.05) is 0 Å². The minimum absolute atomic E-state index is 0.105. The normalized spacial score (nSPS) is 14.2. The molecule has 0 aliphatic heterocycles. The molecule has 0 heterocycles. The predicted molar refractivity (Wildman–Crippen MR) is 409 cm³/mol. The van der Waals surface area contributed by atoms with Crippen LogP contribution in [-0.2, 0) is 65.4 Å². The Hall–Kier alpha value is -1.94. The predicted octanol–water partition coefficient (Wildman–Crippen LogP) is 24.3. The summed E-state index contributed by atoms with van der Waals surface area (Å²) in [5.74, 6) is -0.645.